The fourth-order valence-corrected chi connectivity index (χ4v) is 1.93. The van der Waals surface area contributed by atoms with Crippen LogP contribution in [-0.4, -0.2) is 16.7 Å². The Morgan fingerprint density at radius 1 is 1.18 bits per heavy atom. The van der Waals surface area contributed by atoms with Gasteiger partial charge in [0.15, 0.2) is 0 Å². The molecule has 0 aliphatic carbocycles. The monoisotopic (exact) mass is 295 g/mol. The first kappa shape index (κ1) is 17.5. The number of allylic oxidation sites excluding steroid dienone is 2. The number of rotatable bonds is 4. The van der Waals surface area contributed by atoms with Gasteiger partial charge in [0.2, 0.25) is 5.91 Å². The first-order valence-electron chi connectivity index (χ1n) is 7.05. The number of aryl methyl sites for hydroxylation is 1. The van der Waals surface area contributed by atoms with Crippen LogP contribution in [0.15, 0.2) is 47.6 Å². The standard InChI is InChI=1S/C19H21NO2/c1-6-7-8-18(14(2)3)19(22)20(16(5)21)13-17-11-9-15(4)10-12-17/h1,7-12H,13H2,2-5H3/b8-7-. The van der Waals surface area contributed by atoms with E-state index in [1.54, 1.807) is 6.08 Å². The van der Waals surface area contributed by atoms with Gasteiger partial charge in [-0.3, -0.25) is 14.5 Å². The third-order valence-electron chi connectivity index (χ3n) is 3.20. The summed E-state index contributed by atoms with van der Waals surface area (Å²) in [6, 6.07) is 7.74. The Labute approximate surface area is 132 Å². The van der Waals surface area contributed by atoms with E-state index >= 15 is 0 Å². The summed E-state index contributed by atoms with van der Waals surface area (Å²) in [5, 5.41) is 0. The van der Waals surface area contributed by atoms with Gasteiger partial charge in [-0.15, -0.1) is 6.42 Å². The highest BCUT2D eigenvalue weighted by atomic mass is 16.2. The number of nitrogens with zero attached hydrogens (tertiary/aromatic N) is 1. The number of carbonyl (C=O) groups is 2. The van der Waals surface area contributed by atoms with Gasteiger partial charge in [-0.1, -0.05) is 41.3 Å². The molecule has 0 aromatic heterocycles. The second-order valence-electron chi connectivity index (χ2n) is 5.31. The Kier molecular flexibility index (Phi) is 6.34. The van der Waals surface area contributed by atoms with Crippen LogP contribution in [0.3, 0.4) is 0 Å². The molecule has 0 fully saturated rings. The number of benzene rings is 1. The number of terminal acetylenes is 1. The summed E-state index contributed by atoms with van der Waals surface area (Å²) >= 11 is 0. The van der Waals surface area contributed by atoms with Crippen molar-refractivity contribution in [3.05, 3.63) is 58.7 Å². The molecule has 2 amide bonds. The van der Waals surface area contributed by atoms with Crippen LogP contribution < -0.4 is 0 Å². The van der Waals surface area contributed by atoms with Crippen LogP contribution in [-0.2, 0) is 16.1 Å². The van der Waals surface area contributed by atoms with Crippen LogP contribution in [0.2, 0.25) is 0 Å². The smallest absolute Gasteiger partial charge is 0.260 e. The second-order valence-corrected chi connectivity index (χ2v) is 5.31. The molecule has 3 heteroatoms. The van der Waals surface area contributed by atoms with Gasteiger partial charge < -0.3 is 0 Å². The van der Waals surface area contributed by atoms with E-state index in [1.807, 2.05) is 45.0 Å². The molecule has 0 bridgehead atoms. The normalized spacial score (nSPS) is 10.1. The molecule has 0 aliphatic rings. The second kappa shape index (κ2) is 7.99. The average Bonchev–Trinajstić information content (AvgIpc) is 2.46. The predicted octanol–water partition coefficient (Wildman–Crippen LogP) is 3.40. The zero-order chi connectivity index (χ0) is 16.7. The molecular formula is C19H21NO2. The van der Waals surface area contributed by atoms with E-state index in [-0.39, 0.29) is 18.4 Å². The van der Waals surface area contributed by atoms with Gasteiger partial charge in [-0.2, -0.15) is 0 Å². The Bertz CT molecular complexity index is 654. The minimum Gasteiger partial charge on any atom is -0.275 e. The Morgan fingerprint density at radius 2 is 1.77 bits per heavy atom. The lowest BCUT2D eigenvalue weighted by atomic mass is 10.1. The highest BCUT2D eigenvalue weighted by Gasteiger charge is 2.21. The molecule has 0 aliphatic heterocycles. The summed E-state index contributed by atoms with van der Waals surface area (Å²) in [7, 11) is 0. The molecule has 0 spiro atoms. The lowest BCUT2D eigenvalue weighted by Crippen LogP contribution is -2.35. The predicted molar refractivity (Wildman–Crippen MR) is 88.8 cm³/mol. The summed E-state index contributed by atoms with van der Waals surface area (Å²) in [5.74, 6) is 1.73. The zero-order valence-electron chi connectivity index (χ0n) is 13.5. The fourth-order valence-electron chi connectivity index (χ4n) is 1.93. The molecule has 0 saturated heterocycles. The molecule has 1 aromatic carbocycles. The summed E-state index contributed by atoms with van der Waals surface area (Å²) in [4.78, 5) is 25.7. The van der Waals surface area contributed by atoms with Crippen LogP contribution in [0.25, 0.3) is 0 Å². The van der Waals surface area contributed by atoms with Crippen molar-refractivity contribution in [3.63, 3.8) is 0 Å². The maximum Gasteiger partial charge on any atom is 0.260 e. The summed E-state index contributed by atoms with van der Waals surface area (Å²) < 4.78 is 0. The van der Waals surface area contributed by atoms with Gasteiger partial charge in [0.05, 0.1) is 6.54 Å². The van der Waals surface area contributed by atoms with Gasteiger partial charge in [0.1, 0.15) is 0 Å². The molecule has 0 saturated carbocycles. The quantitative estimate of drug-likeness (QED) is 0.485. The van der Waals surface area contributed by atoms with Crippen LogP contribution in [0.5, 0.6) is 0 Å². The number of amides is 2. The van der Waals surface area contributed by atoms with E-state index in [4.69, 9.17) is 6.42 Å². The SMILES string of the molecule is C#C/C=C\C(C(=O)N(Cc1ccc(C)cc1)C(C)=O)=C(C)C. The molecular weight excluding hydrogens is 274 g/mol. The van der Waals surface area contributed by atoms with Crippen LogP contribution in [0.4, 0.5) is 0 Å². The third-order valence-corrected chi connectivity index (χ3v) is 3.20. The number of carbonyl (C=O) groups excluding carboxylic acids is 2. The molecule has 0 radical (unpaired) electrons. The first-order chi connectivity index (χ1) is 10.4. The van der Waals surface area contributed by atoms with E-state index < -0.39 is 0 Å². The molecule has 0 N–H and O–H groups in total. The van der Waals surface area contributed by atoms with E-state index in [1.165, 1.54) is 17.9 Å². The van der Waals surface area contributed by atoms with E-state index in [0.29, 0.717) is 5.57 Å². The molecule has 0 atom stereocenters. The minimum absolute atomic E-state index is 0.245. The molecule has 1 aromatic rings. The van der Waals surface area contributed by atoms with Gasteiger partial charge >= 0.3 is 0 Å². The summed E-state index contributed by atoms with van der Waals surface area (Å²) in [6.07, 6.45) is 8.23. The number of hydrogen-bond donors (Lipinski definition) is 0. The largest absolute Gasteiger partial charge is 0.275 e. The third kappa shape index (κ3) is 4.75. The van der Waals surface area contributed by atoms with E-state index in [0.717, 1.165) is 16.7 Å². The van der Waals surface area contributed by atoms with Crippen molar-refractivity contribution in [2.24, 2.45) is 0 Å². The molecule has 114 valence electrons. The van der Waals surface area contributed by atoms with Gasteiger partial charge in [0, 0.05) is 12.5 Å². The number of imide groups is 1. The van der Waals surface area contributed by atoms with Gasteiger partial charge in [-0.05, 0) is 38.5 Å². The highest BCUT2D eigenvalue weighted by molar-refractivity contribution is 6.05. The first-order valence-corrected chi connectivity index (χ1v) is 7.05. The Balaban J connectivity index is 3.09. The average molecular weight is 295 g/mol. The Hall–Kier alpha value is -2.60. The molecule has 0 unspecified atom stereocenters. The van der Waals surface area contributed by atoms with Crippen LogP contribution >= 0.6 is 0 Å². The van der Waals surface area contributed by atoms with Gasteiger partial charge in [0.25, 0.3) is 5.91 Å². The van der Waals surface area contributed by atoms with Crippen LogP contribution in [0, 0.1) is 19.3 Å². The lowest BCUT2D eigenvalue weighted by molar-refractivity contribution is -0.141. The lowest BCUT2D eigenvalue weighted by Gasteiger charge is -2.20. The van der Waals surface area contributed by atoms with Crippen molar-refractivity contribution in [1.29, 1.82) is 0 Å². The topological polar surface area (TPSA) is 37.4 Å². The molecule has 0 heterocycles. The zero-order valence-corrected chi connectivity index (χ0v) is 13.5. The van der Waals surface area contributed by atoms with E-state index in [9.17, 15) is 9.59 Å². The fraction of sp³-hybridized carbons (Fsp3) is 0.263. The van der Waals surface area contributed by atoms with Crippen molar-refractivity contribution in [2.75, 3.05) is 0 Å². The van der Waals surface area contributed by atoms with E-state index in [2.05, 4.69) is 5.92 Å². The van der Waals surface area contributed by atoms with Crippen molar-refractivity contribution < 1.29 is 9.59 Å². The molecule has 1 rings (SSSR count). The van der Waals surface area contributed by atoms with Crippen molar-refractivity contribution in [2.45, 2.75) is 34.2 Å². The number of hydrogen-bond acceptors (Lipinski definition) is 2. The maximum atomic E-state index is 12.6. The van der Waals surface area contributed by atoms with Gasteiger partial charge in [-0.25, -0.2) is 0 Å². The van der Waals surface area contributed by atoms with Crippen molar-refractivity contribution >= 4 is 11.8 Å². The van der Waals surface area contributed by atoms with Crippen molar-refractivity contribution in [1.82, 2.24) is 4.90 Å². The summed E-state index contributed by atoms with van der Waals surface area (Å²) in [5.41, 5.74) is 3.29. The van der Waals surface area contributed by atoms with Crippen LogP contribution in [0.1, 0.15) is 31.9 Å². The minimum atomic E-state index is -0.334. The Morgan fingerprint density at radius 3 is 2.23 bits per heavy atom. The van der Waals surface area contributed by atoms with Crippen molar-refractivity contribution in [3.8, 4) is 12.3 Å². The molecule has 3 nitrogen and oxygen atoms in total. The maximum absolute atomic E-state index is 12.6. The summed E-state index contributed by atoms with van der Waals surface area (Å²) in [6.45, 7) is 7.26. The highest BCUT2D eigenvalue weighted by Crippen LogP contribution is 2.14. The molecule has 22 heavy (non-hydrogen) atoms.